The molecular weight excluding hydrogens is 474 g/mol. The molecule has 5 aromatic rings. The quantitative estimate of drug-likeness (QED) is 0.350. The van der Waals surface area contributed by atoms with Gasteiger partial charge < -0.3 is 9.88 Å². The van der Waals surface area contributed by atoms with Crippen LogP contribution >= 0.6 is 23.4 Å². The fourth-order valence-corrected chi connectivity index (χ4v) is 4.72. The van der Waals surface area contributed by atoms with Gasteiger partial charge in [0, 0.05) is 23.7 Å². The Kier molecular flexibility index (Phi) is 5.84. The molecule has 3 aromatic heterocycles. The number of rotatable bonds is 6. The fraction of sp³-hybridized carbons (Fsp3) is 0.174. The highest BCUT2D eigenvalue weighted by Gasteiger charge is 2.18. The van der Waals surface area contributed by atoms with Gasteiger partial charge in [0.05, 0.1) is 22.8 Å². The number of amides is 1. The van der Waals surface area contributed by atoms with Crippen LogP contribution in [0, 0.1) is 0 Å². The van der Waals surface area contributed by atoms with E-state index >= 15 is 0 Å². The van der Waals surface area contributed by atoms with Crippen molar-refractivity contribution in [2.75, 3.05) is 5.75 Å². The lowest BCUT2D eigenvalue weighted by atomic mass is 10.2. The number of thioether (sulfide) groups is 1. The van der Waals surface area contributed by atoms with Gasteiger partial charge in [0.25, 0.3) is 5.56 Å². The van der Waals surface area contributed by atoms with Crippen molar-refractivity contribution in [1.29, 1.82) is 0 Å². The molecule has 1 amide bonds. The highest BCUT2D eigenvalue weighted by atomic mass is 35.5. The number of carbonyl (C=O) groups is 1. The number of halogens is 1. The Labute approximate surface area is 203 Å². The molecule has 172 valence electrons. The molecule has 0 aliphatic carbocycles. The lowest BCUT2D eigenvalue weighted by Gasteiger charge is -2.14. The van der Waals surface area contributed by atoms with E-state index in [2.05, 4.69) is 25.4 Å². The summed E-state index contributed by atoms with van der Waals surface area (Å²) >= 11 is 7.31. The smallest absolute Gasteiger partial charge is 0.266 e. The number of nitrogens with one attached hydrogen (secondary N) is 2. The van der Waals surface area contributed by atoms with Gasteiger partial charge in [0.15, 0.2) is 16.6 Å². The zero-order chi connectivity index (χ0) is 23.8. The zero-order valence-corrected chi connectivity index (χ0v) is 19.9. The van der Waals surface area contributed by atoms with Crippen LogP contribution in [0.4, 0.5) is 0 Å². The molecule has 2 N–H and O–H groups in total. The predicted octanol–water partition coefficient (Wildman–Crippen LogP) is 3.59. The molecule has 0 fully saturated rings. The zero-order valence-electron chi connectivity index (χ0n) is 18.3. The van der Waals surface area contributed by atoms with Gasteiger partial charge in [-0.05, 0) is 31.2 Å². The highest BCUT2D eigenvalue weighted by Crippen LogP contribution is 2.24. The molecular formula is C23H20ClN7O2S. The lowest BCUT2D eigenvalue weighted by Crippen LogP contribution is -2.30. The van der Waals surface area contributed by atoms with Gasteiger partial charge in [0.1, 0.15) is 5.82 Å². The first-order chi connectivity index (χ1) is 16.4. The van der Waals surface area contributed by atoms with E-state index in [-0.39, 0.29) is 23.3 Å². The van der Waals surface area contributed by atoms with Gasteiger partial charge in [-0.1, -0.05) is 47.6 Å². The number of H-pyrrole nitrogens is 1. The molecule has 1 atom stereocenters. The molecule has 0 spiro atoms. The van der Waals surface area contributed by atoms with E-state index in [4.69, 9.17) is 11.6 Å². The third-order valence-corrected chi connectivity index (χ3v) is 6.50. The summed E-state index contributed by atoms with van der Waals surface area (Å²) in [4.78, 5) is 38.3. The Balaban J connectivity index is 1.36. The second-order valence-electron chi connectivity index (χ2n) is 7.75. The summed E-state index contributed by atoms with van der Waals surface area (Å²) in [6.45, 7) is 1.90. The normalized spacial score (nSPS) is 12.3. The van der Waals surface area contributed by atoms with Gasteiger partial charge in [-0.2, -0.15) is 0 Å². The number of aryl methyl sites for hydroxylation is 1. The average Bonchev–Trinajstić information content (AvgIpc) is 3.36. The molecule has 34 heavy (non-hydrogen) atoms. The van der Waals surface area contributed by atoms with E-state index in [0.29, 0.717) is 27.2 Å². The van der Waals surface area contributed by atoms with Crippen LogP contribution in [0.3, 0.4) is 0 Å². The van der Waals surface area contributed by atoms with Crippen LogP contribution in [0.2, 0.25) is 5.02 Å². The average molecular weight is 494 g/mol. The standard InChI is InChI=1S/C23H20ClN7O2S/c1-13(22-26-16-8-3-4-9-17(16)30(22)2)25-20(33)12-34-23-28-21(14-6-5-7-15(24)10-14)27-18-11-19(32)29-31(18)23/h3-11,13H,12H2,1-2H3,(H,25,33)(H,29,32)/t13-/m1/s1. The lowest BCUT2D eigenvalue weighted by molar-refractivity contribution is -0.119. The fourth-order valence-electron chi connectivity index (χ4n) is 3.77. The van der Waals surface area contributed by atoms with E-state index in [0.717, 1.165) is 16.9 Å². The van der Waals surface area contributed by atoms with Crippen LogP contribution in [-0.4, -0.2) is 40.8 Å². The van der Waals surface area contributed by atoms with Crippen molar-refractivity contribution >= 4 is 46.0 Å². The Hall–Kier alpha value is -3.63. The first kappa shape index (κ1) is 22.2. The Morgan fingerprint density at radius 2 is 1.97 bits per heavy atom. The second kappa shape index (κ2) is 8.96. The largest absolute Gasteiger partial charge is 0.346 e. The third-order valence-electron chi connectivity index (χ3n) is 5.33. The molecule has 11 heteroatoms. The number of benzene rings is 2. The summed E-state index contributed by atoms with van der Waals surface area (Å²) in [5, 5.41) is 6.65. The van der Waals surface area contributed by atoms with Gasteiger partial charge in [0.2, 0.25) is 5.91 Å². The van der Waals surface area contributed by atoms with E-state index in [1.807, 2.05) is 48.9 Å². The molecule has 0 bridgehead atoms. The Morgan fingerprint density at radius 1 is 1.15 bits per heavy atom. The first-order valence-corrected chi connectivity index (χ1v) is 11.8. The minimum Gasteiger partial charge on any atom is -0.346 e. The van der Waals surface area contributed by atoms with Crippen molar-refractivity contribution in [2.24, 2.45) is 7.05 Å². The van der Waals surface area contributed by atoms with Crippen molar-refractivity contribution < 1.29 is 4.79 Å². The SMILES string of the molecule is C[C@@H](NC(=O)CSc1nc(-c2cccc(Cl)c2)nc2cc(=O)[nH]n12)c1nc2ccccc2n1C. The van der Waals surface area contributed by atoms with Gasteiger partial charge in [-0.3, -0.25) is 14.7 Å². The van der Waals surface area contributed by atoms with Crippen LogP contribution < -0.4 is 10.9 Å². The summed E-state index contributed by atoms with van der Waals surface area (Å²) in [5.74, 6) is 1.09. The Morgan fingerprint density at radius 3 is 2.76 bits per heavy atom. The van der Waals surface area contributed by atoms with Crippen LogP contribution in [0.15, 0.2) is 64.5 Å². The summed E-state index contributed by atoms with van der Waals surface area (Å²) in [6.07, 6.45) is 0. The van der Waals surface area contributed by atoms with E-state index in [1.165, 1.54) is 22.3 Å². The molecule has 9 nitrogen and oxygen atoms in total. The van der Waals surface area contributed by atoms with Crippen molar-refractivity contribution in [1.82, 2.24) is 34.4 Å². The van der Waals surface area contributed by atoms with E-state index in [1.54, 1.807) is 18.2 Å². The number of carbonyl (C=O) groups excluding carboxylic acids is 1. The summed E-state index contributed by atoms with van der Waals surface area (Å²) in [5.41, 5.74) is 2.70. The van der Waals surface area contributed by atoms with Gasteiger partial charge >= 0.3 is 0 Å². The van der Waals surface area contributed by atoms with Crippen molar-refractivity contribution in [2.45, 2.75) is 18.1 Å². The molecule has 0 saturated heterocycles. The van der Waals surface area contributed by atoms with Crippen molar-refractivity contribution in [3.63, 3.8) is 0 Å². The number of hydrogen-bond donors (Lipinski definition) is 2. The molecule has 2 aromatic carbocycles. The number of imidazole rings is 1. The molecule has 0 saturated carbocycles. The maximum atomic E-state index is 12.8. The molecule has 5 rings (SSSR count). The second-order valence-corrected chi connectivity index (χ2v) is 9.13. The Bertz CT molecular complexity index is 1590. The number of nitrogens with zero attached hydrogens (tertiary/aromatic N) is 5. The third kappa shape index (κ3) is 4.29. The van der Waals surface area contributed by atoms with E-state index in [9.17, 15) is 9.59 Å². The van der Waals surface area contributed by atoms with Gasteiger partial charge in [-0.25, -0.2) is 19.5 Å². The summed E-state index contributed by atoms with van der Waals surface area (Å²) in [7, 11) is 1.93. The van der Waals surface area contributed by atoms with Crippen molar-refractivity contribution in [3.05, 3.63) is 75.8 Å². The van der Waals surface area contributed by atoms with Gasteiger partial charge in [-0.15, -0.1) is 0 Å². The number of aromatic nitrogens is 6. The topological polar surface area (TPSA) is 110 Å². The maximum absolute atomic E-state index is 12.8. The monoisotopic (exact) mass is 493 g/mol. The summed E-state index contributed by atoms with van der Waals surface area (Å²) in [6, 6.07) is 16.1. The van der Waals surface area contributed by atoms with Crippen LogP contribution in [0.1, 0.15) is 18.8 Å². The number of fused-ring (bicyclic) bond motifs is 2. The number of hydrogen-bond acceptors (Lipinski definition) is 6. The minimum absolute atomic E-state index is 0.0928. The number of aromatic amines is 1. The molecule has 0 aliphatic heterocycles. The molecule has 0 radical (unpaired) electrons. The van der Waals surface area contributed by atoms with E-state index < -0.39 is 0 Å². The predicted molar refractivity (Wildman–Crippen MR) is 132 cm³/mol. The van der Waals surface area contributed by atoms with Crippen LogP contribution in [0.25, 0.3) is 28.1 Å². The number of para-hydroxylation sites is 2. The molecule has 3 heterocycles. The molecule has 0 aliphatic rings. The minimum atomic E-state index is -0.306. The van der Waals surface area contributed by atoms with Crippen LogP contribution in [-0.2, 0) is 11.8 Å². The highest BCUT2D eigenvalue weighted by molar-refractivity contribution is 7.99. The maximum Gasteiger partial charge on any atom is 0.266 e. The first-order valence-electron chi connectivity index (χ1n) is 10.5. The summed E-state index contributed by atoms with van der Waals surface area (Å²) < 4.78 is 3.45. The molecule has 0 unspecified atom stereocenters. The van der Waals surface area contributed by atoms with Crippen molar-refractivity contribution in [3.8, 4) is 11.4 Å². The van der Waals surface area contributed by atoms with Crippen LogP contribution in [0.5, 0.6) is 0 Å².